The number of benzene rings is 2. The lowest BCUT2D eigenvalue weighted by molar-refractivity contribution is -0.116. The summed E-state index contributed by atoms with van der Waals surface area (Å²) in [5.41, 5.74) is 5.59. The monoisotopic (exact) mass is 443 g/mol. The van der Waals surface area contributed by atoms with E-state index in [2.05, 4.69) is 15.7 Å². The third-order valence-electron chi connectivity index (χ3n) is 5.54. The van der Waals surface area contributed by atoms with E-state index in [1.807, 2.05) is 63.4 Å². The van der Waals surface area contributed by atoms with Gasteiger partial charge in [0, 0.05) is 40.0 Å². The van der Waals surface area contributed by atoms with E-state index in [9.17, 15) is 9.59 Å². The van der Waals surface area contributed by atoms with E-state index >= 15 is 0 Å². The van der Waals surface area contributed by atoms with Crippen LogP contribution >= 0.6 is 0 Å². The summed E-state index contributed by atoms with van der Waals surface area (Å²) in [4.78, 5) is 29.6. The minimum atomic E-state index is -0.305. The minimum Gasteiger partial charge on any atom is -0.347 e. The molecular weight excluding hydrogens is 414 g/mol. The van der Waals surface area contributed by atoms with Crippen molar-refractivity contribution in [3.05, 3.63) is 71.0 Å². The van der Waals surface area contributed by atoms with Crippen molar-refractivity contribution in [1.82, 2.24) is 19.9 Å². The normalized spacial score (nSPS) is 11.7. The second-order valence-electron chi connectivity index (χ2n) is 9.34. The van der Waals surface area contributed by atoms with Gasteiger partial charge in [0.15, 0.2) is 5.65 Å². The number of fused-ring (bicyclic) bond motifs is 3. The Kier molecular flexibility index (Phi) is 5.89. The van der Waals surface area contributed by atoms with Crippen molar-refractivity contribution >= 4 is 34.1 Å². The van der Waals surface area contributed by atoms with Crippen LogP contribution in [0.4, 0.5) is 5.69 Å². The summed E-state index contributed by atoms with van der Waals surface area (Å²) < 4.78 is 1.87. The SMILES string of the molecule is Cc1nc2c3ccccc3nn2c(C)c1CCC(=O)Nc1ccc(C(=O)NC(C)(C)C)cc1. The van der Waals surface area contributed by atoms with Gasteiger partial charge in [-0.2, -0.15) is 5.10 Å². The van der Waals surface area contributed by atoms with Gasteiger partial charge in [0.05, 0.1) is 5.52 Å². The molecule has 0 aliphatic rings. The van der Waals surface area contributed by atoms with Crippen LogP contribution in [0.2, 0.25) is 0 Å². The lowest BCUT2D eigenvalue weighted by atomic mass is 10.1. The van der Waals surface area contributed by atoms with E-state index in [1.165, 1.54) is 0 Å². The first kappa shape index (κ1) is 22.5. The lowest BCUT2D eigenvalue weighted by Crippen LogP contribution is -2.40. The molecule has 170 valence electrons. The van der Waals surface area contributed by atoms with Gasteiger partial charge in [-0.15, -0.1) is 0 Å². The Morgan fingerprint density at radius 3 is 2.39 bits per heavy atom. The van der Waals surface area contributed by atoms with Crippen LogP contribution in [0, 0.1) is 13.8 Å². The molecular formula is C26H29N5O2. The molecule has 7 heteroatoms. The molecule has 2 heterocycles. The van der Waals surface area contributed by atoms with Crippen LogP contribution in [-0.4, -0.2) is 32.0 Å². The van der Waals surface area contributed by atoms with Gasteiger partial charge in [-0.1, -0.05) is 12.1 Å². The molecule has 2 aromatic carbocycles. The second-order valence-corrected chi connectivity index (χ2v) is 9.34. The highest BCUT2D eigenvalue weighted by molar-refractivity contribution is 5.96. The van der Waals surface area contributed by atoms with E-state index < -0.39 is 0 Å². The van der Waals surface area contributed by atoms with Gasteiger partial charge < -0.3 is 10.6 Å². The van der Waals surface area contributed by atoms with Crippen LogP contribution in [0.3, 0.4) is 0 Å². The Bertz CT molecular complexity index is 1350. The van der Waals surface area contributed by atoms with Crippen LogP contribution in [0.25, 0.3) is 16.6 Å². The maximum absolute atomic E-state index is 12.6. The van der Waals surface area contributed by atoms with Gasteiger partial charge in [0.1, 0.15) is 0 Å². The van der Waals surface area contributed by atoms with Gasteiger partial charge in [-0.05, 0) is 83.0 Å². The van der Waals surface area contributed by atoms with Gasteiger partial charge in [0.2, 0.25) is 5.91 Å². The molecule has 7 nitrogen and oxygen atoms in total. The Balaban J connectivity index is 1.44. The van der Waals surface area contributed by atoms with Gasteiger partial charge in [0.25, 0.3) is 5.91 Å². The zero-order valence-electron chi connectivity index (χ0n) is 19.7. The molecule has 0 fully saturated rings. The number of nitrogens with one attached hydrogen (secondary N) is 2. The Hall–Kier alpha value is -3.74. The molecule has 2 aromatic heterocycles. The van der Waals surface area contributed by atoms with Crippen LogP contribution in [-0.2, 0) is 11.2 Å². The van der Waals surface area contributed by atoms with E-state index in [4.69, 9.17) is 4.98 Å². The van der Waals surface area contributed by atoms with E-state index in [0.29, 0.717) is 24.1 Å². The van der Waals surface area contributed by atoms with Gasteiger partial charge in [-0.25, -0.2) is 9.50 Å². The minimum absolute atomic E-state index is 0.0913. The molecule has 0 unspecified atom stereocenters. The van der Waals surface area contributed by atoms with Crippen LogP contribution < -0.4 is 10.6 Å². The average molecular weight is 444 g/mol. The topological polar surface area (TPSA) is 88.4 Å². The lowest BCUT2D eigenvalue weighted by Gasteiger charge is -2.20. The highest BCUT2D eigenvalue weighted by Crippen LogP contribution is 2.23. The fourth-order valence-electron chi connectivity index (χ4n) is 3.92. The Morgan fingerprint density at radius 2 is 1.70 bits per heavy atom. The summed E-state index contributed by atoms with van der Waals surface area (Å²) in [6.07, 6.45) is 0.886. The molecule has 0 saturated heterocycles. The number of aromatic nitrogens is 3. The number of rotatable bonds is 5. The molecule has 0 saturated carbocycles. The van der Waals surface area contributed by atoms with E-state index in [1.54, 1.807) is 24.3 Å². The summed E-state index contributed by atoms with van der Waals surface area (Å²) in [5.74, 6) is -0.230. The number of aryl methyl sites for hydroxylation is 2. The fourth-order valence-corrected chi connectivity index (χ4v) is 3.92. The molecule has 2 N–H and O–H groups in total. The first-order valence-corrected chi connectivity index (χ1v) is 11.1. The fraction of sp³-hybridized carbons (Fsp3) is 0.308. The van der Waals surface area contributed by atoms with Crippen molar-refractivity contribution < 1.29 is 9.59 Å². The molecule has 0 spiro atoms. The Labute approximate surface area is 193 Å². The zero-order valence-corrected chi connectivity index (χ0v) is 19.7. The van der Waals surface area contributed by atoms with Crippen LogP contribution in [0.5, 0.6) is 0 Å². The molecule has 0 aliphatic carbocycles. The molecule has 2 amide bonds. The molecule has 0 aliphatic heterocycles. The second kappa shape index (κ2) is 8.65. The van der Waals surface area contributed by atoms with Gasteiger partial charge >= 0.3 is 0 Å². The number of amides is 2. The largest absolute Gasteiger partial charge is 0.347 e. The third kappa shape index (κ3) is 4.87. The number of hydrogen-bond donors (Lipinski definition) is 2. The maximum atomic E-state index is 12.6. The predicted molar refractivity (Wildman–Crippen MR) is 131 cm³/mol. The smallest absolute Gasteiger partial charge is 0.251 e. The van der Waals surface area contributed by atoms with Crippen molar-refractivity contribution in [2.75, 3.05) is 5.32 Å². The molecule has 0 atom stereocenters. The maximum Gasteiger partial charge on any atom is 0.251 e. The van der Waals surface area contributed by atoms with E-state index in [-0.39, 0.29) is 17.4 Å². The highest BCUT2D eigenvalue weighted by Gasteiger charge is 2.16. The number of anilines is 1. The quantitative estimate of drug-likeness (QED) is 0.472. The van der Waals surface area contributed by atoms with Gasteiger partial charge in [-0.3, -0.25) is 9.59 Å². The summed E-state index contributed by atoms with van der Waals surface area (Å²) in [7, 11) is 0. The summed E-state index contributed by atoms with van der Waals surface area (Å²) in [5, 5.41) is 11.5. The number of hydrogen-bond acceptors (Lipinski definition) is 4. The summed E-state index contributed by atoms with van der Waals surface area (Å²) in [6.45, 7) is 9.80. The first-order chi connectivity index (χ1) is 15.6. The summed E-state index contributed by atoms with van der Waals surface area (Å²) >= 11 is 0. The summed E-state index contributed by atoms with van der Waals surface area (Å²) in [6, 6.07) is 14.9. The first-order valence-electron chi connectivity index (χ1n) is 11.1. The molecule has 0 bridgehead atoms. The van der Waals surface area contributed by atoms with Crippen molar-refractivity contribution in [3.63, 3.8) is 0 Å². The third-order valence-corrected chi connectivity index (χ3v) is 5.54. The number of nitrogens with zero attached hydrogens (tertiary/aromatic N) is 3. The highest BCUT2D eigenvalue weighted by atomic mass is 16.2. The molecule has 4 aromatic rings. The van der Waals surface area contributed by atoms with Crippen LogP contribution in [0.1, 0.15) is 54.5 Å². The Morgan fingerprint density at radius 1 is 1.00 bits per heavy atom. The number of carbonyl (C=O) groups is 2. The molecule has 33 heavy (non-hydrogen) atoms. The van der Waals surface area contributed by atoms with Crippen LogP contribution in [0.15, 0.2) is 48.5 Å². The van der Waals surface area contributed by atoms with Crippen molar-refractivity contribution in [2.45, 2.75) is 53.0 Å². The predicted octanol–water partition coefficient (Wildman–Crippen LogP) is 4.60. The zero-order chi connectivity index (χ0) is 23.8. The van der Waals surface area contributed by atoms with E-state index in [0.717, 1.165) is 33.5 Å². The van der Waals surface area contributed by atoms with Crippen molar-refractivity contribution in [2.24, 2.45) is 0 Å². The number of carbonyl (C=O) groups excluding carboxylic acids is 2. The van der Waals surface area contributed by atoms with Crippen molar-refractivity contribution in [3.8, 4) is 0 Å². The standard InChI is InChI=1S/C26H29N5O2/c1-16-20(17(2)31-24(27-16)21-8-6-7-9-22(21)30-31)14-15-23(32)28-19-12-10-18(11-13-19)25(33)29-26(3,4)5/h6-13H,14-15H2,1-5H3,(H,28,32)(H,29,33). The molecule has 0 radical (unpaired) electrons. The van der Waals surface area contributed by atoms with Crippen molar-refractivity contribution in [1.29, 1.82) is 0 Å². The average Bonchev–Trinajstić information content (AvgIpc) is 3.12. The molecule has 4 rings (SSSR count).